The Balaban J connectivity index is 2.12. The Bertz CT molecular complexity index is 701. The summed E-state index contributed by atoms with van der Waals surface area (Å²) in [5.74, 6) is -0.674. The fraction of sp³-hybridized carbons (Fsp3) is 0.188. The van der Waals surface area contributed by atoms with Crippen molar-refractivity contribution in [3.05, 3.63) is 57.3 Å². The van der Waals surface area contributed by atoms with Crippen LogP contribution in [0.2, 0.25) is 15.1 Å². The summed E-state index contributed by atoms with van der Waals surface area (Å²) in [7, 11) is 0. The van der Waals surface area contributed by atoms with Crippen molar-refractivity contribution in [2.75, 3.05) is 23.3 Å². The van der Waals surface area contributed by atoms with E-state index in [4.69, 9.17) is 34.8 Å². The maximum absolute atomic E-state index is 13.3. The number of carbonyl (C=O) groups is 1. The summed E-state index contributed by atoms with van der Waals surface area (Å²) < 4.78 is 13.3. The molecule has 0 saturated heterocycles. The van der Waals surface area contributed by atoms with E-state index in [1.807, 2.05) is 6.92 Å². The molecule has 2 rings (SSSR count). The van der Waals surface area contributed by atoms with E-state index in [-0.39, 0.29) is 28.3 Å². The van der Waals surface area contributed by atoms with Crippen molar-refractivity contribution in [3.63, 3.8) is 0 Å². The summed E-state index contributed by atoms with van der Waals surface area (Å²) in [6, 6.07) is 9.05. The molecule has 23 heavy (non-hydrogen) atoms. The molecule has 0 bridgehead atoms. The second-order valence-corrected chi connectivity index (χ2v) is 6.04. The highest BCUT2D eigenvalue weighted by molar-refractivity contribution is 6.42. The van der Waals surface area contributed by atoms with Gasteiger partial charge >= 0.3 is 0 Å². The SMILES string of the molecule is CCN(CC(=O)Nc1c(Cl)cc(Cl)cc1Cl)c1cccc(F)c1. The highest BCUT2D eigenvalue weighted by Crippen LogP contribution is 2.33. The molecule has 0 fully saturated rings. The molecule has 0 heterocycles. The van der Waals surface area contributed by atoms with Crippen molar-refractivity contribution in [2.24, 2.45) is 0 Å². The van der Waals surface area contributed by atoms with Gasteiger partial charge in [0.25, 0.3) is 0 Å². The van der Waals surface area contributed by atoms with Crippen molar-refractivity contribution in [1.29, 1.82) is 0 Å². The molecule has 0 aliphatic heterocycles. The van der Waals surface area contributed by atoms with Gasteiger partial charge < -0.3 is 10.2 Å². The van der Waals surface area contributed by atoms with Crippen LogP contribution in [0.3, 0.4) is 0 Å². The largest absolute Gasteiger partial charge is 0.362 e. The van der Waals surface area contributed by atoms with Crippen LogP contribution in [0.1, 0.15) is 6.92 Å². The molecule has 1 amide bonds. The maximum atomic E-state index is 13.3. The monoisotopic (exact) mass is 374 g/mol. The lowest BCUT2D eigenvalue weighted by molar-refractivity contribution is -0.115. The Morgan fingerprint density at radius 2 is 1.83 bits per heavy atom. The van der Waals surface area contributed by atoms with Crippen LogP contribution in [0.4, 0.5) is 15.8 Å². The average molecular weight is 376 g/mol. The van der Waals surface area contributed by atoms with Gasteiger partial charge in [-0.05, 0) is 37.3 Å². The van der Waals surface area contributed by atoms with Gasteiger partial charge in [-0.1, -0.05) is 40.9 Å². The number of likely N-dealkylation sites (N-methyl/N-ethyl adjacent to an activating group) is 1. The Kier molecular flexibility index (Phi) is 6.10. The van der Waals surface area contributed by atoms with Crippen LogP contribution >= 0.6 is 34.8 Å². The molecule has 2 aromatic rings. The summed E-state index contributed by atoms with van der Waals surface area (Å²) in [5, 5.41) is 3.55. The number of nitrogens with one attached hydrogen (secondary N) is 1. The molecule has 122 valence electrons. The number of carbonyl (C=O) groups excluding carboxylic acids is 1. The minimum absolute atomic E-state index is 0.0369. The lowest BCUT2D eigenvalue weighted by Crippen LogP contribution is -2.33. The van der Waals surface area contributed by atoms with Gasteiger partial charge in [0.2, 0.25) is 5.91 Å². The number of nitrogens with zero attached hydrogens (tertiary/aromatic N) is 1. The molecule has 0 spiro atoms. The van der Waals surface area contributed by atoms with Crippen LogP contribution in [0.5, 0.6) is 0 Å². The number of rotatable bonds is 5. The predicted molar refractivity (Wildman–Crippen MR) is 94.4 cm³/mol. The Hall–Kier alpha value is -1.49. The molecular weight excluding hydrogens is 362 g/mol. The summed E-state index contributed by atoms with van der Waals surface area (Å²) >= 11 is 17.9. The van der Waals surface area contributed by atoms with Gasteiger partial charge in [-0.15, -0.1) is 0 Å². The number of anilines is 2. The van der Waals surface area contributed by atoms with Crippen molar-refractivity contribution in [1.82, 2.24) is 0 Å². The van der Waals surface area contributed by atoms with Crippen LogP contribution < -0.4 is 10.2 Å². The van der Waals surface area contributed by atoms with Gasteiger partial charge in [0.15, 0.2) is 0 Å². The first kappa shape index (κ1) is 17.9. The van der Waals surface area contributed by atoms with Gasteiger partial charge in [-0.2, -0.15) is 0 Å². The Morgan fingerprint density at radius 3 is 2.39 bits per heavy atom. The standard InChI is InChI=1S/C16H14Cl3FN2O/c1-2-22(12-5-3-4-11(20)8-12)9-15(23)21-16-13(18)6-10(17)7-14(16)19/h3-8H,2,9H2,1H3,(H,21,23). The van der Waals surface area contributed by atoms with Gasteiger partial charge in [0.1, 0.15) is 5.82 Å². The van der Waals surface area contributed by atoms with Gasteiger partial charge in [-0.25, -0.2) is 4.39 Å². The topological polar surface area (TPSA) is 32.3 Å². The molecule has 0 atom stereocenters. The molecule has 0 saturated carbocycles. The summed E-state index contributed by atoms with van der Waals surface area (Å²) in [4.78, 5) is 14.0. The Morgan fingerprint density at radius 1 is 1.17 bits per heavy atom. The van der Waals surface area contributed by atoms with E-state index in [2.05, 4.69) is 5.32 Å². The molecule has 0 aliphatic rings. The lowest BCUT2D eigenvalue weighted by Gasteiger charge is -2.22. The number of benzene rings is 2. The Labute approximate surface area is 148 Å². The zero-order valence-corrected chi connectivity index (χ0v) is 14.5. The minimum Gasteiger partial charge on any atom is -0.362 e. The van der Waals surface area contributed by atoms with Crippen molar-refractivity contribution in [3.8, 4) is 0 Å². The maximum Gasteiger partial charge on any atom is 0.243 e. The predicted octanol–water partition coefficient (Wildman–Crippen LogP) is 5.25. The third-order valence-corrected chi connectivity index (χ3v) is 3.98. The molecule has 0 aliphatic carbocycles. The van der Waals surface area contributed by atoms with Crippen LogP contribution in [-0.2, 0) is 4.79 Å². The van der Waals surface area contributed by atoms with Crippen LogP contribution in [-0.4, -0.2) is 19.0 Å². The number of amides is 1. The molecule has 0 aromatic heterocycles. The van der Waals surface area contributed by atoms with Crippen molar-refractivity contribution >= 4 is 52.1 Å². The fourth-order valence-electron chi connectivity index (χ4n) is 2.07. The van der Waals surface area contributed by atoms with E-state index < -0.39 is 0 Å². The van der Waals surface area contributed by atoms with Crippen molar-refractivity contribution < 1.29 is 9.18 Å². The second-order valence-electron chi connectivity index (χ2n) is 4.79. The average Bonchev–Trinajstić information content (AvgIpc) is 2.48. The number of hydrogen-bond acceptors (Lipinski definition) is 2. The molecule has 0 unspecified atom stereocenters. The van der Waals surface area contributed by atoms with E-state index >= 15 is 0 Å². The van der Waals surface area contributed by atoms with Crippen LogP contribution in [0.15, 0.2) is 36.4 Å². The fourth-order valence-corrected chi connectivity index (χ4v) is 2.98. The number of halogens is 4. The molecule has 0 radical (unpaired) electrons. The van der Waals surface area contributed by atoms with Crippen LogP contribution in [0, 0.1) is 5.82 Å². The number of hydrogen-bond donors (Lipinski definition) is 1. The zero-order chi connectivity index (χ0) is 17.0. The van der Waals surface area contributed by atoms with E-state index in [9.17, 15) is 9.18 Å². The first-order valence-corrected chi connectivity index (χ1v) is 7.99. The molecule has 2 aromatic carbocycles. The van der Waals surface area contributed by atoms with E-state index in [0.717, 1.165) is 0 Å². The summed E-state index contributed by atoms with van der Waals surface area (Å²) in [6.07, 6.45) is 0. The third kappa shape index (κ3) is 4.74. The molecule has 1 N–H and O–H groups in total. The molecule has 3 nitrogen and oxygen atoms in total. The quantitative estimate of drug-likeness (QED) is 0.774. The normalized spacial score (nSPS) is 10.5. The first-order chi connectivity index (χ1) is 10.9. The van der Waals surface area contributed by atoms with E-state index in [0.29, 0.717) is 22.9 Å². The third-order valence-electron chi connectivity index (χ3n) is 3.16. The van der Waals surface area contributed by atoms with Gasteiger partial charge in [0, 0.05) is 17.3 Å². The minimum atomic E-state index is -0.356. The first-order valence-electron chi connectivity index (χ1n) is 6.85. The van der Waals surface area contributed by atoms with E-state index in [1.165, 1.54) is 24.3 Å². The summed E-state index contributed by atoms with van der Waals surface area (Å²) in [5.41, 5.74) is 0.925. The second kappa shape index (κ2) is 7.86. The van der Waals surface area contributed by atoms with Crippen molar-refractivity contribution in [2.45, 2.75) is 6.92 Å². The highest BCUT2D eigenvalue weighted by Gasteiger charge is 2.14. The molecule has 7 heteroatoms. The van der Waals surface area contributed by atoms with Gasteiger partial charge in [-0.3, -0.25) is 4.79 Å². The smallest absolute Gasteiger partial charge is 0.243 e. The lowest BCUT2D eigenvalue weighted by atomic mass is 10.2. The molecular formula is C16H14Cl3FN2O. The van der Waals surface area contributed by atoms with Gasteiger partial charge in [0.05, 0.1) is 22.3 Å². The summed E-state index contributed by atoms with van der Waals surface area (Å²) in [6.45, 7) is 2.45. The highest BCUT2D eigenvalue weighted by atomic mass is 35.5. The van der Waals surface area contributed by atoms with Crippen LogP contribution in [0.25, 0.3) is 0 Å². The van der Waals surface area contributed by atoms with E-state index in [1.54, 1.807) is 17.0 Å². The zero-order valence-electron chi connectivity index (χ0n) is 12.2.